The number of hydrogen-bond donors (Lipinski definition) is 1. The van der Waals surface area contributed by atoms with E-state index >= 15 is 0 Å². The Labute approximate surface area is 103 Å². The van der Waals surface area contributed by atoms with Crippen LogP contribution in [-0.2, 0) is 0 Å². The molecule has 0 aliphatic carbocycles. The number of aromatic hydroxyl groups is 1. The van der Waals surface area contributed by atoms with Crippen molar-refractivity contribution in [2.45, 2.75) is 0 Å². The van der Waals surface area contributed by atoms with Gasteiger partial charge in [0.05, 0.1) is 17.0 Å². The van der Waals surface area contributed by atoms with E-state index in [4.69, 9.17) is 11.6 Å². The van der Waals surface area contributed by atoms with Crippen LogP contribution < -0.4 is 0 Å². The van der Waals surface area contributed by atoms with E-state index in [9.17, 15) is 20.0 Å². The normalized spacial score (nSPS) is 10.6. The summed E-state index contributed by atoms with van der Waals surface area (Å²) >= 11 is 5.67. The summed E-state index contributed by atoms with van der Waals surface area (Å²) in [6.07, 6.45) is 0. The monoisotopic (exact) mass is 258 g/mol. The number of halogens is 1. The number of benzene rings is 1. The van der Waals surface area contributed by atoms with Crippen molar-refractivity contribution in [3.05, 3.63) is 32.8 Å². The zero-order valence-electron chi connectivity index (χ0n) is 9.31. The van der Waals surface area contributed by atoms with Gasteiger partial charge in [-0.25, -0.2) is 0 Å². The molecule has 0 bridgehead atoms. The summed E-state index contributed by atoms with van der Waals surface area (Å²) in [4.78, 5) is 23.2. The van der Waals surface area contributed by atoms with Crippen LogP contribution in [0.25, 0.3) is 0 Å². The predicted octanol–water partition coefficient (Wildman–Crippen LogP) is 1.70. The minimum atomic E-state index is -0.784. The fourth-order valence-corrected chi connectivity index (χ4v) is 1.52. The molecule has 92 valence electrons. The number of nitrogens with zero attached hydrogens (tertiary/aromatic N) is 2. The number of carbonyl (C=O) groups is 1. The molecular weight excluding hydrogens is 248 g/mol. The average Bonchev–Trinajstić information content (AvgIpc) is 2.19. The third-order valence-electron chi connectivity index (χ3n) is 2.01. The molecule has 1 N–H and O–H groups in total. The lowest BCUT2D eigenvalue weighted by atomic mass is 10.1. The second-order valence-electron chi connectivity index (χ2n) is 3.74. The quantitative estimate of drug-likeness (QED) is 0.505. The van der Waals surface area contributed by atoms with Crippen molar-refractivity contribution in [2.24, 2.45) is 0 Å². The third-order valence-corrected chi connectivity index (χ3v) is 2.23. The first-order valence-electron chi connectivity index (χ1n) is 4.67. The second kappa shape index (κ2) is 5.11. The maximum Gasteiger partial charge on any atom is 0.312 e. The Bertz CT molecular complexity index is 474. The van der Waals surface area contributed by atoms with E-state index < -0.39 is 22.1 Å². The lowest BCUT2D eigenvalue weighted by Crippen LogP contribution is -2.21. The van der Waals surface area contributed by atoms with Crippen LogP contribution in [0.3, 0.4) is 0 Å². The number of hydrogen-bond acceptors (Lipinski definition) is 5. The fourth-order valence-electron chi connectivity index (χ4n) is 1.31. The van der Waals surface area contributed by atoms with Crippen molar-refractivity contribution in [3.63, 3.8) is 0 Å². The molecule has 0 saturated carbocycles. The van der Waals surface area contributed by atoms with Crippen molar-refractivity contribution < 1.29 is 14.8 Å². The highest BCUT2D eigenvalue weighted by Gasteiger charge is 2.22. The topological polar surface area (TPSA) is 83.7 Å². The lowest BCUT2D eigenvalue weighted by Gasteiger charge is -2.09. The molecule has 0 aliphatic rings. The van der Waals surface area contributed by atoms with Crippen LogP contribution in [0.15, 0.2) is 12.1 Å². The molecule has 0 amide bonds. The molecule has 17 heavy (non-hydrogen) atoms. The van der Waals surface area contributed by atoms with Gasteiger partial charge in [-0.15, -0.1) is 0 Å². The fraction of sp³-hybridized carbons (Fsp3) is 0.300. The Hall–Kier alpha value is -1.66. The molecule has 1 aromatic rings. The largest absolute Gasteiger partial charge is 0.502 e. The molecule has 0 unspecified atom stereocenters. The van der Waals surface area contributed by atoms with E-state index in [-0.39, 0.29) is 17.1 Å². The van der Waals surface area contributed by atoms with E-state index in [1.807, 2.05) is 0 Å². The first-order valence-corrected chi connectivity index (χ1v) is 5.05. The van der Waals surface area contributed by atoms with Crippen molar-refractivity contribution in [3.8, 4) is 5.75 Å². The predicted molar refractivity (Wildman–Crippen MR) is 62.7 cm³/mol. The number of carbonyl (C=O) groups excluding carboxylic acids is 1. The van der Waals surface area contributed by atoms with Crippen molar-refractivity contribution >= 4 is 23.1 Å². The molecule has 0 heterocycles. The SMILES string of the molecule is CN(C)CC(=O)c1cc(Cl)cc([N+](=O)[O-])c1O. The molecule has 6 nitrogen and oxygen atoms in total. The van der Waals surface area contributed by atoms with Gasteiger partial charge in [0.25, 0.3) is 0 Å². The number of nitro benzene ring substituents is 1. The second-order valence-corrected chi connectivity index (χ2v) is 4.18. The number of rotatable bonds is 4. The van der Waals surface area contributed by atoms with Crippen LogP contribution in [-0.4, -0.2) is 41.4 Å². The maximum atomic E-state index is 11.7. The van der Waals surface area contributed by atoms with Gasteiger partial charge in [-0.2, -0.15) is 0 Å². The number of phenols is 1. The zero-order chi connectivity index (χ0) is 13.2. The first kappa shape index (κ1) is 13.4. The molecule has 1 aromatic carbocycles. The van der Waals surface area contributed by atoms with Crippen molar-refractivity contribution in [1.29, 1.82) is 0 Å². The molecule has 0 fully saturated rings. The average molecular weight is 259 g/mol. The lowest BCUT2D eigenvalue weighted by molar-refractivity contribution is -0.385. The van der Waals surface area contributed by atoms with Crippen LogP contribution in [0.4, 0.5) is 5.69 Å². The molecule has 0 spiro atoms. The number of Topliss-reactive ketones (excluding diaryl/α,β-unsaturated/α-hetero) is 1. The van der Waals surface area contributed by atoms with E-state index in [0.717, 1.165) is 6.07 Å². The van der Waals surface area contributed by atoms with Crippen LogP contribution in [0.2, 0.25) is 5.02 Å². The van der Waals surface area contributed by atoms with Gasteiger partial charge in [-0.3, -0.25) is 14.9 Å². The van der Waals surface area contributed by atoms with Crippen molar-refractivity contribution in [2.75, 3.05) is 20.6 Å². The highest BCUT2D eigenvalue weighted by Crippen LogP contribution is 2.33. The van der Waals surface area contributed by atoms with Crippen LogP contribution >= 0.6 is 11.6 Å². The third kappa shape index (κ3) is 3.15. The van der Waals surface area contributed by atoms with E-state index in [0.29, 0.717) is 0 Å². The molecule has 0 aromatic heterocycles. The summed E-state index contributed by atoms with van der Waals surface area (Å²) in [6.45, 7) is 0.0328. The maximum absolute atomic E-state index is 11.7. The Morgan fingerprint density at radius 2 is 2.12 bits per heavy atom. The van der Waals surface area contributed by atoms with Gasteiger partial charge in [-0.1, -0.05) is 11.6 Å². The Morgan fingerprint density at radius 3 is 2.59 bits per heavy atom. The number of likely N-dealkylation sites (N-methyl/N-ethyl adjacent to an activating group) is 1. The van der Waals surface area contributed by atoms with Gasteiger partial charge in [0, 0.05) is 11.1 Å². The van der Waals surface area contributed by atoms with Crippen LogP contribution in [0.1, 0.15) is 10.4 Å². The molecule has 0 atom stereocenters. The minimum Gasteiger partial charge on any atom is -0.502 e. The molecule has 1 rings (SSSR count). The van der Waals surface area contributed by atoms with Gasteiger partial charge in [-0.05, 0) is 20.2 Å². The Morgan fingerprint density at radius 1 is 1.53 bits per heavy atom. The number of ketones is 1. The summed E-state index contributed by atoms with van der Waals surface area (Å²) in [5, 5.41) is 20.3. The van der Waals surface area contributed by atoms with E-state index in [1.165, 1.54) is 6.07 Å². The summed E-state index contributed by atoms with van der Waals surface area (Å²) in [5.74, 6) is -1.08. The van der Waals surface area contributed by atoms with Gasteiger partial charge >= 0.3 is 5.69 Å². The van der Waals surface area contributed by atoms with E-state index in [1.54, 1.807) is 19.0 Å². The standard InChI is InChI=1S/C10H11ClN2O4/c1-12(2)5-9(14)7-3-6(11)4-8(10(7)15)13(16)17/h3-4,15H,5H2,1-2H3. The Kier molecular flexibility index (Phi) is 4.03. The van der Waals surface area contributed by atoms with Crippen LogP contribution in [0, 0.1) is 10.1 Å². The van der Waals surface area contributed by atoms with Gasteiger partial charge < -0.3 is 10.0 Å². The number of nitro groups is 1. The van der Waals surface area contributed by atoms with Gasteiger partial charge in [0.1, 0.15) is 0 Å². The molecule has 0 saturated heterocycles. The molecule has 0 aliphatic heterocycles. The van der Waals surface area contributed by atoms with Crippen LogP contribution in [0.5, 0.6) is 5.75 Å². The van der Waals surface area contributed by atoms with Gasteiger partial charge in [0.15, 0.2) is 5.78 Å². The summed E-state index contributed by atoms with van der Waals surface area (Å²) in [5.41, 5.74) is -0.711. The van der Waals surface area contributed by atoms with Crippen molar-refractivity contribution in [1.82, 2.24) is 4.90 Å². The molecular formula is C10H11ClN2O4. The molecule has 0 radical (unpaired) electrons. The summed E-state index contributed by atoms with van der Waals surface area (Å²) in [6, 6.07) is 2.22. The molecule has 7 heteroatoms. The van der Waals surface area contributed by atoms with Gasteiger partial charge in [0.2, 0.25) is 5.75 Å². The number of phenolic OH excluding ortho intramolecular Hbond substituents is 1. The zero-order valence-corrected chi connectivity index (χ0v) is 10.1. The summed E-state index contributed by atoms with van der Waals surface area (Å²) < 4.78 is 0. The smallest absolute Gasteiger partial charge is 0.312 e. The van der Waals surface area contributed by atoms with E-state index in [2.05, 4.69) is 0 Å². The highest BCUT2D eigenvalue weighted by atomic mass is 35.5. The minimum absolute atomic E-state index is 0.0328. The highest BCUT2D eigenvalue weighted by molar-refractivity contribution is 6.31. The summed E-state index contributed by atoms with van der Waals surface area (Å²) in [7, 11) is 3.35. The first-order chi connectivity index (χ1) is 7.82. The Balaban J connectivity index is 3.25.